The molecule has 0 amide bonds. The number of fused-ring (bicyclic) bond motifs is 5. The van der Waals surface area contributed by atoms with Gasteiger partial charge in [-0.05, 0) is 96.4 Å². The van der Waals surface area contributed by atoms with Gasteiger partial charge in [0.2, 0.25) is 0 Å². The zero-order chi connectivity index (χ0) is 39.6. The summed E-state index contributed by atoms with van der Waals surface area (Å²) in [5, 5.41) is 22.5. The Labute approximate surface area is 327 Å². The van der Waals surface area contributed by atoms with Crippen LogP contribution in [0.15, 0.2) is 36.0 Å². The number of nitrogens with zero attached hydrogens (tertiary/aromatic N) is 1. The van der Waals surface area contributed by atoms with Crippen molar-refractivity contribution in [2.45, 2.75) is 152 Å². The van der Waals surface area contributed by atoms with Crippen LogP contribution in [-0.4, -0.2) is 129 Å². The van der Waals surface area contributed by atoms with Crippen molar-refractivity contribution in [3.05, 3.63) is 36.0 Å². The Hall–Kier alpha value is -2.00. The summed E-state index contributed by atoms with van der Waals surface area (Å²) in [7, 11) is 7.33. The third kappa shape index (κ3) is 9.03. The number of Topliss-reactive ketones (excluding diaryl/α,β-unsaturated/α-hetero) is 1. The Morgan fingerprint density at radius 3 is 2.42 bits per heavy atom. The van der Waals surface area contributed by atoms with Gasteiger partial charge < -0.3 is 48.3 Å². The topological polar surface area (TPSA) is 142 Å². The Kier molecular flexibility index (Phi) is 14.2. The molecule has 0 bridgehead atoms. The number of hydrogen-bond acceptors (Lipinski definition) is 12. The molecule has 0 aromatic heterocycles. The molecule has 3 aliphatic carbocycles. The molecule has 6 aliphatic rings. The molecule has 0 aromatic rings. The molecule has 0 spiro atoms. The van der Waals surface area contributed by atoms with E-state index in [1.807, 2.05) is 44.2 Å². The van der Waals surface area contributed by atoms with Gasteiger partial charge in [-0.1, -0.05) is 38.2 Å². The van der Waals surface area contributed by atoms with E-state index in [2.05, 4.69) is 32.8 Å². The van der Waals surface area contributed by atoms with E-state index in [0.717, 1.165) is 25.7 Å². The van der Waals surface area contributed by atoms with Crippen LogP contribution < -0.4 is 0 Å². The van der Waals surface area contributed by atoms with E-state index >= 15 is 0 Å². The molecule has 3 aliphatic heterocycles. The summed E-state index contributed by atoms with van der Waals surface area (Å²) < 4.78 is 43.4. The van der Waals surface area contributed by atoms with Crippen LogP contribution in [0.25, 0.3) is 0 Å². The van der Waals surface area contributed by atoms with E-state index in [1.165, 1.54) is 0 Å². The standard InChI is InChI=1S/C43H67NO11/c1-9-10-12-27-13-11-14-36(55-38-16-15-35(44(5)6)25(3)51-38)24(2)39(47)32-20-31-29(30(32)21-37(46)53-27)17-18-43(48)22-28(19-34(31)43)54-42-33(23-45)41(50-8)40(49-7)26(4)52-42/h10,12,17-18,20,24-31,33-36,38,40-42,45,48H,9,11,13-16,19,21-23H2,1-8H3/b12-10+/t24-,25?,26?,27+,28+,29+,30+,31-,33?,34+,35?,36+,38?,40?,41?,42?,43?/m1/s1. The third-order valence-electron chi connectivity index (χ3n) is 13.5. The monoisotopic (exact) mass is 773 g/mol. The zero-order valence-electron chi connectivity index (χ0n) is 34.2. The number of carbonyl (C=O) groups excluding carboxylic acids is 2. The molecular formula is C43H67NO11. The molecule has 4 fully saturated rings. The maximum Gasteiger partial charge on any atom is 0.307 e. The maximum atomic E-state index is 14.7. The predicted molar refractivity (Wildman–Crippen MR) is 205 cm³/mol. The molecule has 12 nitrogen and oxygen atoms in total. The third-order valence-corrected chi connectivity index (χ3v) is 13.5. The van der Waals surface area contributed by atoms with Crippen molar-refractivity contribution in [1.29, 1.82) is 0 Å². The quantitative estimate of drug-likeness (QED) is 0.234. The van der Waals surface area contributed by atoms with Gasteiger partial charge in [-0.3, -0.25) is 9.59 Å². The van der Waals surface area contributed by atoms with E-state index in [9.17, 15) is 19.8 Å². The highest BCUT2D eigenvalue weighted by atomic mass is 16.7. The van der Waals surface area contributed by atoms with E-state index in [0.29, 0.717) is 37.3 Å². The van der Waals surface area contributed by atoms with Crippen LogP contribution in [0.1, 0.15) is 85.5 Å². The summed E-state index contributed by atoms with van der Waals surface area (Å²) in [6, 6.07) is 0.302. The highest BCUT2D eigenvalue weighted by Gasteiger charge is 2.57. The van der Waals surface area contributed by atoms with Crippen LogP contribution in [-0.2, 0) is 42.7 Å². The lowest BCUT2D eigenvalue weighted by molar-refractivity contribution is -0.300. The second kappa shape index (κ2) is 18.3. The van der Waals surface area contributed by atoms with Crippen molar-refractivity contribution in [2.75, 3.05) is 34.9 Å². The van der Waals surface area contributed by atoms with Crippen molar-refractivity contribution in [2.24, 2.45) is 35.5 Å². The summed E-state index contributed by atoms with van der Waals surface area (Å²) in [5.74, 6) is -2.30. The normalized spacial score (nSPS) is 45.4. The number of hydrogen-bond donors (Lipinski definition) is 2. The highest BCUT2D eigenvalue weighted by Crippen LogP contribution is 2.56. The fourth-order valence-corrected chi connectivity index (χ4v) is 10.6. The lowest BCUT2D eigenvalue weighted by Crippen LogP contribution is -2.57. The molecule has 0 aromatic carbocycles. The van der Waals surface area contributed by atoms with E-state index < -0.39 is 42.0 Å². The number of allylic oxidation sites excluding steroid dienone is 4. The van der Waals surface area contributed by atoms with Crippen LogP contribution in [0.2, 0.25) is 0 Å². The number of ether oxygens (including phenoxy) is 7. The van der Waals surface area contributed by atoms with E-state index in [-0.39, 0.29) is 79.2 Å². The zero-order valence-corrected chi connectivity index (χ0v) is 34.2. The lowest BCUT2D eigenvalue weighted by atomic mass is 9.68. The number of esters is 1. The van der Waals surface area contributed by atoms with Crippen molar-refractivity contribution in [3.8, 4) is 0 Å². The van der Waals surface area contributed by atoms with Crippen LogP contribution in [0.3, 0.4) is 0 Å². The summed E-state index contributed by atoms with van der Waals surface area (Å²) in [6.45, 7) is 7.78. The van der Waals surface area contributed by atoms with Crippen molar-refractivity contribution >= 4 is 11.8 Å². The Morgan fingerprint density at radius 1 is 0.982 bits per heavy atom. The minimum absolute atomic E-state index is 0.00458. The van der Waals surface area contributed by atoms with Crippen LogP contribution in [0, 0.1) is 35.5 Å². The molecule has 9 unspecified atom stereocenters. The van der Waals surface area contributed by atoms with Crippen molar-refractivity contribution in [3.63, 3.8) is 0 Å². The molecule has 17 atom stereocenters. The molecule has 2 N–H and O–H groups in total. The van der Waals surface area contributed by atoms with Gasteiger partial charge in [0.1, 0.15) is 12.2 Å². The average Bonchev–Trinajstić information content (AvgIpc) is 3.68. The van der Waals surface area contributed by atoms with Gasteiger partial charge in [-0.2, -0.15) is 0 Å². The predicted octanol–water partition coefficient (Wildman–Crippen LogP) is 4.75. The number of aliphatic hydroxyl groups excluding tert-OH is 1. The van der Waals surface area contributed by atoms with Crippen LogP contribution in [0.4, 0.5) is 0 Å². The Bertz CT molecular complexity index is 1420. The molecule has 55 heavy (non-hydrogen) atoms. The molecule has 12 heteroatoms. The molecule has 3 saturated heterocycles. The summed E-state index contributed by atoms with van der Waals surface area (Å²) in [4.78, 5) is 30.6. The van der Waals surface area contributed by atoms with Gasteiger partial charge in [-0.25, -0.2) is 0 Å². The fraction of sp³-hybridized carbons (Fsp3) is 0.814. The number of rotatable bonds is 10. The number of carbonyl (C=O) groups is 2. The van der Waals surface area contributed by atoms with Crippen LogP contribution in [0.5, 0.6) is 0 Å². The van der Waals surface area contributed by atoms with E-state index in [4.69, 9.17) is 33.2 Å². The van der Waals surface area contributed by atoms with Gasteiger partial charge in [0.15, 0.2) is 18.4 Å². The molecule has 1 saturated carbocycles. The molecule has 3 heterocycles. The second-order valence-corrected chi connectivity index (χ2v) is 17.2. The van der Waals surface area contributed by atoms with Gasteiger partial charge in [0.25, 0.3) is 0 Å². The minimum atomic E-state index is -1.17. The largest absolute Gasteiger partial charge is 0.458 e. The Morgan fingerprint density at radius 2 is 1.75 bits per heavy atom. The first-order chi connectivity index (χ1) is 26.3. The van der Waals surface area contributed by atoms with Crippen LogP contribution >= 0.6 is 0 Å². The summed E-state index contributed by atoms with van der Waals surface area (Å²) in [5.41, 5.74) is -0.553. The number of cyclic esters (lactones) is 1. The van der Waals surface area contributed by atoms with E-state index in [1.54, 1.807) is 14.2 Å². The highest BCUT2D eigenvalue weighted by molar-refractivity contribution is 5.99. The van der Waals surface area contributed by atoms with Gasteiger partial charge >= 0.3 is 5.97 Å². The number of methoxy groups -OCH3 is 2. The SMILES string of the molecule is CC/C=C/[C@H]1CCC[C@H](OC2CCC(N(C)C)C(C)O2)[C@@H](C)C(=O)C2=C[C@@H]3[C@@H](C=CC4(O)C[C@@H](OC5OC(C)C(OC)C(OC)C5CO)C[C@@H]34)[C@@H]2CC(=O)O1. The summed E-state index contributed by atoms with van der Waals surface area (Å²) in [6.07, 6.45) is 12.0. The summed E-state index contributed by atoms with van der Waals surface area (Å²) >= 11 is 0. The fourth-order valence-electron chi connectivity index (χ4n) is 10.6. The lowest BCUT2D eigenvalue weighted by Gasteiger charge is -2.44. The molecule has 0 radical (unpaired) electrons. The number of aliphatic hydroxyl groups is 2. The molecular weight excluding hydrogens is 706 g/mol. The first-order valence-corrected chi connectivity index (χ1v) is 20.8. The average molecular weight is 774 g/mol. The smallest absolute Gasteiger partial charge is 0.307 e. The van der Waals surface area contributed by atoms with Crippen molar-refractivity contribution < 1.29 is 53.0 Å². The number of ketones is 1. The van der Waals surface area contributed by atoms with Gasteiger partial charge in [-0.15, -0.1) is 0 Å². The first kappa shape index (κ1) is 42.6. The molecule has 310 valence electrons. The first-order valence-electron chi connectivity index (χ1n) is 20.8. The van der Waals surface area contributed by atoms with Gasteiger partial charge in [0, 0.05) is 44.4 Å². The second-order valence-electron chi connectivity index (χ2n) is 17.2. The Balaban J connectivity index is 1.24. The molecule has 6 rings (SSSR count). The maximum absolute atomic E-state index is 14.7. The van der Waals surface area contributed by atoms with Gasteiger partial charge in [0.05, 0.1) is 55.1 Å². The minimum Gasteiger partial charge on any atom is -0.458 e. The number of likely N-dealkylation sites (N-methyl/N-ethyl adjacent to an activating group) is 1. The van der Waals surface area contributed by atoms with Crippen molar-refractivity contribution in [1.82, 2.24) is 4.90 Å².